The smallest absolute Gasteiger partial charge is 0.0163 e. The van der Waals surface area contributed by atoms with Gasteiger partial charge in [-0.05, 0) is 26.8 Å². The number of nitrogens with one attached hydrogen (secondary N) is 1. The van der Waals surface area contributed by atoms with E-state index in [0.717, 1.165) is 26.2 Å². The monoisotopic (exact) mass is 184 g/mol. The molecule has 0 saturated carbocycles. The highest BCUT2D eigenvalue weighted by Crippen LogP contribution is 1.96. The summed E-state index contributed by atoms with van der Waals surface area (Å²) in [4.78, 5) is 2.41. The Morgan fingerprint density at radius 3 is 2.54 bits per heavy atom. The maximum absolute atomic E-state index is 3.77. The van der Waals surface area contributed by atoms with E-state index in [0.29, 0.717) is 6.04 Å². The third-order valence-corrected chi connectivity index (χ3v) is 2.10. The van der Waals surface area contributed by atoms with E-state index in [4.69, 9.17) is 0 Å². The molecule has 0 aromatic heterocycles. The Kier molecular flexibility index (Phi) is 8.05. The van der Waals surface area contributed by atoms with Crippen LogP contribution >= 0.6 is 0 Å². The molecule has 0 aliphatic heterocycles. The number of hydrogen-bond donors (Lipinski definition) is 1. The highest BCUT2D eigenvalue weighted by molar-refractivity contribution is 4.75. The summed E-state index contributed by atoms with van der Waals surface area (Å²) in [5.41, 5.74) is 0. The molecule has 0 unspecified atom stereocenters. The molecule has 0 saturated heterocycles. The van der Waals surface area contributed by atoms with E-state index in [9.17, 15) is 0 Å². The summed E-state index contributed by atoms with van der Waals surface area (Å²) in [6.45, 7) is 14.7. The van der Waals surface area contributed by atoms with Gasteiger partial charge in [-0.25, -0.2) is 0 Å². The average molecular weight is 184 g/mol. The van der Waals surface area contributed by atoms with Crippen LogP contribution < -0.4 is 5.32 Å². The van der Waals surface area contributed by atoms with Crippen molar-refractivity contribution in [3.63, 3.8) is 0 Å². The van der Waals surface area contributed by atoms with E-state index in [1.165, 1.54) is 6.42 Å². The lowest BCUT2D eigenvalue weighted by atomic mass is 10.3. The standard InChI is InChI=1S/C11H24N2/c1-5-7-12-8-10-13(9-6-2)11(3)4/h6,11-12H,2,5,7-10H2,1,3-4H3. The van der Waals surface area contributed by atoms with Gasteiger partial charge in [0.25, 0.3) is 0 Å². The van der Waals surface area contributed by atoms with Crippen molar-refractivity contribution in [1.82, 2.24) is 10.2 Å². The second-order valence-corrected chi connectivity index (χ2v) is 3.63. The summed E-state index contributed by atoms with van der Waals surface area (Å²) in [6.07, 6.45) is 3.18. The molecule has 13 heavy (non-hydrogen) atoms. The van der Waals surface area contributed by atoms with Gasteiger partial charge in [0.15, 0.2) is 0 Å². The molecule has 0 atom stereocenters. The Hall–Kier alpha value is -0.340. The van der Waals surface area contributed by atoms with Gasteiger partial charge in [-0.1, -0.05) is 13.0 Å². The minimum Gasteiger partial charge on any atom is -0.315 e. The maximum Gasteiger partial charge on any atom is 0.0163 e. The molecule has 0 rings (SSSR count). The Balaban J connectivity index is 3.50. The van der Waals surface area contributed by atoms with Crippen LogP contribution in [0.1, 0.15) is 27.2 Å². The first-order valence-electron chi connectivity index (χ1n) is 5.28. The largest absolute Gasteiger partial charge is 0.315 e. The zero-order valence-electron chi connectivity index (χ0n) is 9.34. The Bertz CT molecular complexity index is 121. The van der Waals surface area contributed by atoms with E-state index in [2.05, 4.69) is 37.6 Å². The molecule has 2 heteroatoms. The van der Waals surface area contributed by atoms with Crippen LogP contribution in [0.2, 0.25) is 0 Å². The Morgan fingerprint density at radius 1 is 1.38 bits per heavy atom. The fourth-order valence-corrected chi connectivity index (χ4v) is 1.25. The van der Waals surface area contributed by atoms with Gasteiger partial charge in [-0.3, -0.25) is 4.90 Å². The highest BCUT2D eigenvalue weighted by atomic mass is 15.2. The first-order valence-corrected chi connectivity index (χ1v) is 5.28. The molecule has 0 aliphatic rings. The van der Waals surface area contributed by atoms with Gasteiger partial charge >= 0.3 is 0 Å². The third kappa shape index (κ3) is 6.79. The van der Waals surface area contributed by atoms with Gasteiger partial charge in [0.05, 0.1) is 0 Å². The molecule has 2 nitrogen and oxygen atoms in total. The van der Waals surface area contributed by atoms with Gasteiger partial charge in [-0.2, -0.15) is 0 Å². The van der Waals surface area contributed by atoms with Crippen LogP contribution in [0, 0.1) is 0 Å². The first kappa shape index (κ1) is 12.7. The SMILES string of the molecule is C=CCN(CCNCCC)C(C)C. The van der Waals surface area contributed by atoms with Crippen LogP contribution in [0.3, 0.4) is 0 Å². The molecule has 0 spiro atoms. The first-order chi connectivity index (χ1) is 6.22. The topological polar surface area (TPSA) is 15.3 Å². The molecule has 1 N–H and O–H groups in total. The predicted molar refractivity (Wildman–Crippen MR) is 60.1 cm³/mol. The molecule has 78 valence electrons. The van der Waals surface area contributed by atoms with Crippen molar-refractivity contribution in [1.29, 1.82) is 0 Å². The fourth-order valence-electron chi connectivity index (χ4n) is 1.25. The van der Waals surface area contributed by atoms with Crippen LogP contribution in [0.4, 0.5) is 0 Å². The number of rotatable bonds is 8. The van der Waals surface area contributed by atoms with Crippen LogP contribution in [-0.2, 0) is 0 Å². The van der Waals surface area contributed by atoms with E-state index in [-0.39, 0.29) is 0 Å². The van der Waals surface area contributed by atoms with Crippen molar-refractivity contribution in [2.75, 3.05) is 26.2 Å². The number of hydrogen-bond acceptors (Lipinski definition) is 2. The zero-order chi connectivity index (χ0) is 10.1. The summed E-state index contributed by atoms with van der Waals surface area (Å²) in [5, 5.41) is 3.40. The average Bonchev–Trinajstić information content (AvgIpc) is 2.10. The lowest BCUT2D eigenvalue weighted by Gasteiger charge is -2.24. The molecule has 0 heterocycles. The fraction of sp³-hybridized carbons (Fsp3) is 0.818. The lowest BCUT2D eigenvalue weighted by Crippen LogP contribution is -2.37. The minimum absolute atomic E-state index is 0.612. The normalized spacial score (nSPS) is 11.2. The predicted octanol–water partition coefficient (Wildman–Crippen LogP) is 1.88. The molecule has 0 aromatic carbocycles. The second-order valence-electron chi connectivity index (χ2n) is 3.63. The van der Waals surface area contributed by atoms with Crippen molar-refractivity contribution in [2.45, 2.75) is 33.2 Å². The van der Waals surface area contributed by atoms with Gasteiger partial charge < -0.3 is 5.32 Å². The van der Waals surface area contributed by atoms with Crippen molar-refractivity contribution < 1.29 is 0 Å². The highest BCUT2D eigenvalue weighted by Gasteiger charge is 2.05. The van der Waals surface area contributed by atoms with Crippen molar-refractivity contribution in [3.05, 3.63) is 12.7 Å². The van der Waals surface area contributed by atoms with Crippen molar-refractivity contribution in [3.8, 4) is 0 Å². The summed E-state index contributed by atoms with van der Waals surface area (Å²) in [5.74, 6) is 0. The van der Waals surface area contributed by atoms with Crippen molar-refractivity contribution in [2.24, 2.45) is 0 Å². The van der Waals surface area contributed by atoms with Gasteiger partial charge in [-0.15, -0.1) is 6.58 Å². The van der Waals surface area contributed by atoms with Gasteiger partial charge in [0.1, 0.15) is 0 Å². The third-order valence-electron chi connectivity index (χ3n) is 2.10. The Labute approximate surface area is 83.0 Å². The molecule has 0 aromatic rings. The molecule has 0 bridgehead atoms. The summed E-state index contributed by atoms with van der Waals surface area (Å²) < 4.78 is 0. The van der Waals surface area contributed by atoms with Gasteiger partial charge in [0.2, 0.25) is 0 Å². The van der Waals surface area contributed by atoms with E-state index < -0.39 is 0 Å². The molecular formula is C11H24N2. The quantitative estimate of drug-likeness (QED) is 0.458. The van der Waals surface area contributed by atoms with Crippen LogP contribution in [0.15, 0.2) is 12.7 Å². The van der Waals surface area contributed by atoms with Crippen molar-refractivity contribution >= 4 is 0 Å². The summed E-state index contributed by atoms with van der Waals surface area (Å²) >= 11 is 0. The van der Waals surface area contributed by atoms with E-state index in [1.54, 1.807) is 0 Å². The molecule has 0 amide bonds. The summed E-state index contributed by atoms with van der Waals surface area (Å²) in [7, 11) is 0. The lowest BCUT2D eigenvalue weighted by molar-refractivity contribution is 0.246. The van der Waals surface area contributed by atoms with Gasteiger partial charge in [0, 0.05) is 25.7 Å². The maximum atomic E-state index is 3.77. The van der Waals surface area contributed by atoms with E-state index >= 15 is 0 Å². The molecule has 0 radical (unpaired) electrons. The van der Waals surface area contributed by atoms with E-state index in [1.807, 2.05) is 6.08 Å². The Morgan fingerprint density at radius 2 is 2.08 bits per heavy atom. The van der Waals surface area contributed by atoms with Crippen LogP contribution in [0.5, 0.6) is 0 Å². The van der Waals surface area contributed by atoms with Crippen LogP contribution in [0.25, 0.3) is 0 Å². The molecule has 0 aliphatic carbocycles. The molecule has 0 fully saturated rings. The summed E-state index contributed by atoms with van der Waals surface area (Å²) in [6, 6.07) is 0.612. The van der Waals surface area contributed by atoms with Crippen LogP contribution in [-0.4, -0.2) is 37.1 Å². The second kappa shape index (κ2) is 8.27. The zero-order valence-corrected chi connectivity index (χ0v) is 9.34. The minimum atomic E-state index is 0.612. The number of nitrogens with zero attached hydrogens (tertiary/aromatic N) is 1. The molecular weight excluding hydrogens is 160 g/mol.